The quantitative estimate of drug-likeness (QED) is 0.0840. The summed E-state index contributed by atoms with van der Waals surface area (Å²) in [5.41, 5.74) is -1.25. The smallest absolute Gasteiger partial charge is 0.322 e. The topological polar surface area (TPSA) is 74.3 Å². The number of piperidine rings is 1. The zero-order chi connectivity index (χ0) is 35.4. The number of nitrogens with zero attached hydrogens (tertiary/aromatic N) is 1. The number of rotatable bonds is 22. The fraction of sp³-hybridized carbons (Fsp3) is 0.950. The average molecular weight is 668 g/mol. The molecule has 2 aliphatic rings. The van der Waals surface area contributed by atoms with E-state index in [1.165, 1.54) is 90.4 Å². The lowest BCUT2D eigenvalue weighted by Crippen LogP contribution is -2.74. The Bertz CT molecular complexity index is 856. The van der Waals surface area contributed by atoms with E-state index in [0.717, 1.165) is 32.1 Å². The van der Waals surface area contributed by atoms with Gasteiger partial charge in [-0.1, -0.05) is 138 Å². The highest BCUT2D eigenvalue weighted by atomic mass is 16.7. The van der Waals surface area contributed by atoms with Crippen LogP contribution in [0.15, 0.2) is 0 Å². The van der Waals surface area contributed by atoms with Crippen LogP contribution in [0.3, 0.4) is 0 Å². The van der Waals surface area contributed by atoms with Crippen molar-refractivity contribution in [3.05, 3.63) is 0 Å². The second kappa shape index (κ2) is 22.5. The van der Waals surface area contributed by atoms with E-state index in [-0.39, 0.29) is 23.3 Å². The number of hydroxylamine groups is 2. The van der Waals surface area contributed by atoms with E-state index in [1.807, 2.05) is 18.9 Å². The summed E-state index contributed by atoms with van der Waals surface area (Å²) >= 11 is 0. The van der Waals surface area contributed by atoms with Crippen molar-refractivity contribution in [3.63, 3.8) is 0 Å². The van der Waals surface area contributed by atoms with Crippen molar-refractivity contribution in [2.24, 2.45) is 11.3 Å². The summed E-state index contributed by atoms with van der Waals surface area (Å²) < 4.78 is 19.2. The van der Waals surface area contributed by atoms with Crippen LogP contribution in [-0.2, 0) is 28.6 Å². The van der Waals surface area contributed by atoms with E-state index >= 15 is 0 Å². The van der Waals surface area contributed by atoms with Crippen LogP contribution in [0.2, 0.25) is 0 Å². The molecule has 0 bridgehead atoms. The number of esters is 1. The number of carbonyl (C=O) groups excluding carboxylic acids is 2. The molecule has 0 aromatic carbocycles. The molecule has 7 heteroatoms. The summed E-state index contributed by atoms with van der Waals surface area (Å²) in [5.74, 6) is -1.25. The molecule has 2 heterocycles. The molecule has 7 nitrogen and oxygen atoms in total. The minimum Gasteiger partial charge on any atom is -0.465 e. The van der Waals surface area contributed by atoms with Gasteiger partial charge in [0.2, 0.25) is 0 Å². The van der Waals surface area contributed by atoms with Crippen LogP contribution in [0, 0.1) is 11.3 Å². The Morgan fingerprint density at radius 2 is 1.19 bits per heavy atom. The normalized spacial score (nSPS) is 29.3. The van der Waals surface area contributed by atoms with Gasteiger partial charge in [0.25, 0.3) is 0 Å². The highest BCUT2D eigenvalue weighted by Crippen LogP contribution is 2.54. The summed E-state index contributed by atoms with van der Waals surface area (Å²) in [5, 5.41) is 1.92. The Morgan fingerprint density at radius 1 is 0.723 bits per heavy atom. The van der Waals surface area contributed by atoms with Crippen molar-refractivity contribution in [1.82, 2.24) is 5.06 Å². The van der Waals surface area contributed by atoms with E-state index in [9.17, 15) is 9.59 Å². The highest BCUT2D eigenvalue weighted by Gasteiger charge is 2.64. The predicted molar refractivity (Wildman–Crippen MR) is 194 cm³/mol. The van der Waals surface area contributed by atoms with Crippen LogP contribution < -0.4 is 0 Å². The van der Waals surface area contributed by atoms with E-state index < -0.39 is 16.9 Å². The van der Waals surface area contributed by atoms with Crippen LogP contribution in [0.4, 0.5) is 0 Å². The first-order chi connectivity index (χ1) is 22.5. The van der Waals surface area contributed by atoms with Crippen molar-refractivity contribution < 1.29 is 28.6 Å². The maximum absolute atomic E-state index is 12.6. The molecule has 47 heavy (non-hydrogen) atoms. The SMILES string of the molecule is CC.CCCCCCCCCCCCCCCCCC(=O)OCC1(CC)COC2(CC(C)(CC)N(OC(C)=O)C(C)(CC)C2C)OC1. The van der Waals surface area contributed by atoms with E-state index in [4.69, 9.17) is 19.0 Å². The van der Waals surface area contributed by atoms with Crippen LogP contribution in [0.5, 0.6) is 0 Å². The van der Waals surface area contributed by atoms with Gasteiger partial charge in [0.15, 0.2) is 5.79 Å². The summed E-state index contributed by atoms with van der Waals surface area (Å²) in [6.07, 6.45) is 23.1. The van der Waals surface area contributed by atoms with Crippen LogP contribution >= 0.6 is 0 Å². The molecule has 0 N–H and O–H groups in total. The Kier molecular flexibility index (Phi) is 21.0. The zero-order valence-corrected chi connectivity index (χ0v) is 32.7. The highest BCUT2D eigenvalue weighted by molar-refractivity contribution is 5.69. The van der Waals surface area contributed by atoms with Crippen LogP contribution in [-0.4, -0.2) is 53.7 Å². The molecule has 0 radical (unpaired) electrons. The van der Waals surface area contributed by atoms with Gasteiger partial charge in [-0.15, -0.1) is 5.06 Å². The van der Waals surface area contributed by atoms with E-state index in [1.54, 1.807) is 0 Å². The molecule has 3 atom stereocenters. The average Bonchev–Trinajstić information content (AvgIpc) is 3.08. The Morgan fingerprint density at radius 3 is 1.60 bits per heavy atom. The molecule has 0 amide bonds. The van der Waals surface area contributed by atoms with Gasteiger partial charge in [0.1, 0.15) is 6.61 Å². The van der Waals surface area contributed by atoms with Gasteiger partial charge < -0.3 is 19.0 Å². The molecule has 2 saturated heterocycles. The first-order valence-corrected chi connectivity index (χ1v) is 19.9. The second-order valence-corrected chi connectivity index (χ2v) is 14.9. The number of unbranched alkanes of at least 4 members (excludes halogenated alkanes) is 14. The van der Waals surface area contributed by atoms with Gasteiger partial charge in [0.05, 0.1) is 29.7 Å². The molecule has 2 rings (SSSR count). The Balaban J connectivity index is 0.00000541. The standard InChI is InChI=1S/C38H71NO6.C2H6/c1-9-13-14-15-16-17-18-19-20-21-22-23-24-25-26-27-34(41)42-29-37(12-4)30-43-38(44-31-37)28-35(7,10-2)39(45-33(6)40)36(8,11-3)32(38)5;1-2/h32H,9-31H2,1-8H3;1-2H3. The zero-order valence-electron chi connectivity index (χ0n) is 32.7. The van der Waals surface area contributed by atoms with Gasteiger partial charge >= 0.3 is 11.9 Å². The Hall–Kier alpha value is -1.18. The molecular weight excluding hydrogens is 590 g/mol. The number of hydrogen-bond acceptors (Lipinski definition) is 7. The van der Waals surface area contributed by atoms with Gasteiger partial charge in [-0.3, -0.25) is 9.59 Å². The summed E-state index contributed by atoms with van der Waals surface area (Å²) in [6, 6.07) is 0. The van der Waals surface area contributed by atoms with Gasteiger partial charge in [-0.25, -0.2) is 0 Å². The maximum Gasteiger partial charge on any atom is 0.322 e. The predicted octanol–water partition coefficient (Wildman–Crippen LogP) is 11.1. The minimum absolute atomic E-state index is 0.0449. The van der Waals surface area contributed by atoms with Crippen LogP contribution in [0.1, 0.15) is 198 Å². The number of carbonyl (C=O) groups is 2. The summed E-state index contributed by atoms with van der Waals surface area (Å²) in [6.45, 7) is 21.8. The number of hydrogen-bond donors (Lipinski definition) is 0. The Labute approximate surface area is 290 Å². The van der Waals surface area contributed by atoms with E-state index in [0.29, 0.717) is 32.7 Å². The van der Waals surface area contributed by atoms with Crippen molar-refractivity contribution in [1.29, 1.82) is 0 Å². The molecule has 3 unspecified atom stereocenters. The van der Waals surface area contributed by atoms with Crippen molar-refractivity contribution >= 4 is 11.9 Å². The minimum atomic E-state index is -0.789. The fourth-order valence-corrected chi connectivity index (χ4v) is 7.41. The fourth-order valence-electron chi connectivity index (χ4n) is 7.41. The molecule has 0 aromatic rings. The third kappa shape index (κ3) is 13.2. The van der Waals surface area contributed by atoms with E-state index in [2.05, 4.69) is 48.5 Å². The van der Waals surface area contributed by atoms with Crippen molar-refractivity contribution in [2.75, 3.05) is 19.8 Å². The lowest BCUT2D eigenvalue weighted by molar-refractivity contribution is -0.403. The molecule has 2 aliphatic heterocycles. The molecule has 1 spiro atoms. The largest absolute Gasteiger partial charge is 0.465 e. The van der Waals surface area contributed by atoms with Gasteiger partial charge in [-0.2, -0.15) is 0 Å². The molecule has 0 saturated carbocycles. The third-order valence-electron chi connectivity index (χ3n) is 11.4. The monoisotopic (exact) mass is 668 g/mol. The molecule has 0 aliphatic carbocycles. The second-order valence-electron chi connectivity index (χ2n) is 14.9. The molecule has 2 fully saturated rings. The first kappa shape index (κ1) is 43.8. The summed E-state index contributed by atoms with van der Waals surface area (Å²) in [7, 11) is 0. The van der Waals surface area contributed by atoms with Crippen molar-refractivity contribution in [3.8, 4) is 0 Å². The van der Waals surface area contributed by atoms with Crippen LogP contribution in [0.25, 0.3) is 0 Å². The lowest BCUT2D eigenvalue weighted by Gasteiger charge is -2.63. The first-order valence-electron chi connectivity index (χ1n) is 19.9. The molecule has 0 aromatic heterocycles. The summed E-state index contributed by atoms with van der Waals surface area (Å²) in [4.78, 5) is 30.6. The van der Waals surface area contributed by atoms with Gasteiger partial charge in [-0.05, 0) is 39.5 Å². The third-order valence-corrected chi connectivity index (χ3v) is 11.4. The maximum atomic E-state index is 12.6. The van der Waals surface area contributed by atoms with Gasteiger partial charge in [0, 0.05) is 25.7 Å². The lowest BCUT2D eigenvalue weighted by atomic mass is 9.66. The molecule has 278 valence electrons. The molecular formula is C40H77NO6. The van der Waals surface area contributed by atoms with Crippen molar-refractivity contribution in [2.45, 2.75) is 215 Å². The number of ether oxygens (including phenoxy) is 3.